The van der Waals surface area contributed by atoms with Crippen LogP contribution in [0.5, 0.6) is 11.5 Å². The average Bonchev–Trinajstić information content (AvgIpc) is 2.54. The lowest BCUT2D eigenvalue weighted by Crippen LogP contribution is -2.50. The van der Waals surface area contributed by atoms with Gasteiger partial charge in [0, 0.05) is 19.1 Å². The highest BCUT2D eigenvalue weighted by molar-refractivity contribution is 5.90. The Labute approximate surface area is 148 Å². The van der Waals surface area contributed by atoms with Gasteiger partial charge in [0.15, 0.2) is 11.5 Å². The molecule has 140 valence electrons. The fraction of sp³-hybridized carbons (Fsp3) is 0.556. The van der Waals surface area contributed by atoms with Crippen molar-refractivity contribution in [1.82, 2.24) is 9.80 Å². The third-order valence-electron chi connectivity index (χ3n) is 4.07. The van der Waals surface area contributed by atoms with Gasteiger partial charge < -0.3 is 20.2 Å². The van der Waals surface area contributed by atoms with Gasteiger partial charge in [0.25, 0.3) is 0 Å². The normalized spacial score (nSPS) is 11.8. The minimum atomic E-state index is -1.26. The van der Waals surface area contributed by atoms with Gasteiger partial charge in [-0.05, 0) is 37.8 Å². The van der Waals surface area contributed by atoms with Gasteiger partial charge >= 0.3 is 12.1 Å². The van der Waals surface area contributed by atoms with Crippen LogP contribution in [0.1, 0.15) is 45.6 Å². The number of rotatable bonds is 8. The van der Waals surface area contributed by atoms with Gasteiger partial charge in [-0.2, -0.15) is 0 Å². The van der Waals surface area contributed by atoms with Crippen molar-refractivity contribution in [3.8, 4) is 11.5 Å². The molecule has 0 fully saturated rings. The minimum absolute atomic E-state index is 0.208. The van der Waals surface area contributed by atoms with Crippen LogP contribution in [0.3, 0.4) is 0 Å². The van der Waals surface area contributed by atoms with E-state index in [2.05, 4.69) is 0 Å². The number of phenols is 2. The Kier molecular flexibility index (Phi) is 8.04. The van der Waals surface area contributed by atoms with Crippen LogP contribution in [-0.4, -0.2) is 56.4 Å². The Balaban J connectivity index is 2.91. The van der Waals surface area contributed by atoms with E-state index in [1.54, 1.807) is 19.1 Å². The van der Waals surface area contributed by atoms with Crippen molar-refractivity contribution in [3.05, 3.63) is 23.8 Å². The highest BCUT2D eigenvalue weighted by Gasteiger charge is 2.30. The number of carbonyl (C=O) groups is 2. The zero-order chi connectivity index (χ0) is 19.0. The maximum Gasteiger partial charge on any atom is 0.415 e. The molecule has 7 heteroatoms. The molecule has 3 amide bonds. The van der Waals surface area contributed by atoms with Crippen LogP contribution in [0.25, 0.3) is 0 Å². The first-order valence-electron chi connectivity index (χ1n) is 8.64. The van der Waals surface area contributed by atoms with Crippen LogP contribution >= 0.6 is 0 Å². The van der Waals surface area contributed by atoms with E-state index in [0.29, 0.717) is 31.4 Å². The topological polar surface area (TPSA) is 101 Å². The SMILES string of the molecule is CCC[C@H](C)N(C(=O)O)C(=O)N(CCC)CCc1cccc(O)c1O. The summed E-state index contributed by atoms with van der Waals surface area (Å²) in [5, 5.41) is 28.9. The number of hydrogen-bond donors (Lipinski definition) is 3. The summed E-state index contributed by atoms with van der Waals surface area (Å²) in [5.41, 5.74) is 0.511. The van der Waals surface area contributed by atoms with Gasteiger partial charge in [-0.15, -0.1) is 0 Å². The highest BCUT2D eigenvalue weighted by Crippen LogP contribution is 2.28. The summed E-state index contributed by atoms with van der Waals surface area (Å²) in [5.74, 6) is -0.421. The molecule has 1 rings (SSSR count). The lowest BCUT2D eigenvalue weighted by Gasteiger charge is -2.31. The lowest BCUT2D eigenvalue weighted by molar-refractivity contribution is 0.113. The van der Waals surface area contributed by atoms with Gasteiger partial charge in [0.1, 0.15) is 0 Å². The molecular formula is C18H28N2O5. The zero-order valence-corrected chi connectivity index (χ0v) is 15.1. The number of imide groups is 1. The van der Waals surface area contributed by atoms with Gasteiger partial charge in [-0.25, -0.2) is 14.5 Å². The number of amides is 3. The van der Waals surface area contributed by atoms with Crippen LogP contribution < -0.4 is 0 Å². The van der Waals surface area contributed by atoms with E-state index in [4.69, 9.17) is 0 Å². The second kappa shape index (κ2) is 9.76. The quantitative estimate of drug-likeness (QED) is 0.620. The average molecular weight is 352 g/mol. The minimum Gasteiger partial charge on any atom is -0.504 e. The van der Waals surface area contributed by atoms with Crippen molar-refractivity contribution < 1.29 is 24.9 Å². The predicted molar refractivity (Wildman–Crippen MR) is 95.0 cm³/mol. The van der Waals surface area contributed by atoms with Crippen LogP contribution in [0.4, 0.5) is 9.59 Å². The molecule has 0 spiro atoms. The first kappa shape index (κ1) is 20.6. The fourth-order valence-electron chi connectivity index (χ4n) is 2.77. The molecule has 0 aliphatic rings. The van der Waals surface area contributed by atoms with Crippen molar-refractivity contribution >= 4 is 12.1 Å². The monoisotopic (exact) mass is 352 g/mol. The van der Waals surface area contributed by atoms with Crippen molar-refractivity contribution in [3.63, 3.8) is 0 Å². The molecule has 0 radical (unpaired) electrons. The summed E-state index contributed by atoms with van der Waals surface area (Å²) >= 11 is 0. The second-order valence-electron chi connectivity index (χ2n) is 6.09. The second-order valence-corrected chi connectivity index (χ2v) is 6.09. The fourth-order valence-corrected chi connectivity index (χ4v) is 2.77. The molecule has 0 bridgehead atoms. The number of aromatic hydroxyl groups is 2. The van der Waals surface area contributed by atoms with Gasteiger partial charge in [0.2, 0.25) is 0 Å². The standard InChI is InChI=1S/C18H28N2O5/c1-4-7-13(3)20(18(24)25)17(23)19(11-5-2)12-10-14-8-6-9-15(21)16(14)22/h6,8-9,13,21-22H,4-5,7,10-12H2,1-3H3,(H,24,25)/t13-/m0/s1. The van der Waals surface area contributed by atoms with E-state index in [-0.39, 0.29) is 18.0 Å². The smallest absolute Gasteiger partial charge is 0.415 e. The molecule has 1 aromatic rings. The molecule has 1 aromatic carbocycles. The summed E-state index contributed by atoms with van der Waals surface area (Å²) in [7, 11) is 0. The molecule has 1 atom stereocenters. The molecule has 3 N–H and O–H groups in total. The number of nitrogens with zero attached hydrogens (tertiary/aromatic N) is 2. The Morgan fingerprint density at radius 1 is 1.12 bits per heavy atom. The Hall–Kier alpha value is -2.44. The number of carboxylic acid groups (broad SMARTS) is 1. The molecule has 0 saturated heterocycles. The van der Waals surface area contributed by atoms with Crippen LogP contribution in [0, 0.1) is 0 Å². The van der Waals surface area contributed by atoms with Gasteiger partial charge in [0.05, 0.1) is 0 Å². The predicted octanol–water partition coefficient (Wildman–Crippen LogP) is 3.64. The summed E-state index contributed by atoms with van der Waals surface area (Å²) in [4.78, 5) is 26.6. The summed E-state index contributed by atoms with van der Waals surface area (Å²) in [6, 6.07) is 3.71. The van der Waals surface area contributed by atoms with Crippen molar-refractivity contribution in [2.24, 2.45) is 0 Å². The zero-order valence-electron chi connectivity index (χ0n) is 15.1. The van der Waals surface area contributed by atoms with E-state index in [1.807, 2.05) is 13.8 Å². The number of benzene rings is 1. The number of para-hydroxylation sites is 1. The van der Waals surface area contributed by atoms with Crippen LogP contribution in [-0.2, 0) is 6.42 Å². The molecule has 0 heterocycles. The number of urea groups is 1. The van der Waals surface area contributed by atoms with Crippen molar-refractivity contribution in [2.45, 2.75) is 52.5 Å². The van der Waals surface area contributed by atoms with E-state index in [9.17, 15) is 24.9 Å². The molecule has 0 aliphatic carbocycles. The summed E-state index contributed by atoms with van der Waals surface area (Å²) < 4.78 is 0. The molecule has 25 heavy (non-hydrogen) atoms. The molecule has 7 nitrogen and oxygen atoms in total. The molecular weight excluding hydrogens is 324 g/mol. The lowest BCUT2D eigenvalue weighted by atomic mass is 10.1. The third kappa shape index (κ3) is 5.55. The van der Waals surface area contributed by atoms with E-state index < -0.39 is 18.2 Å². The van der Waals surface area contributed by atoms with E-state index >= 15 is 0 Å². The van der Waals surface area contributed by atoms with Gasteiger partial charge in [-0.3, -0.25) is 0 Å². The Morgan fingerprint density at radius 2 is 1.80 bits per heavy atom. The maximum atomic E-state index is 12.7. The first-order valence-corrected chi connectivity index (χ1v) is 8.64. The highest BCUT2D eigenvalue weighted by atomic mass is 16.4. The maximum absolute atomic E-state index is 12.7. The first-order chi connectivity index (χ1) is 11.8. The molecule has 0 aromatic heterocycles. The van der Waals surface area contributed by atoms with Crippen molar-refractivity contribution in [1.29, 1.82) is 0 Å². The molecule has 0 unspecified atom stereocenters. The number of phenolic OH excluding ortho intramolecular Hbond substituents is 2. The molecule has 0 aliphatic heterocycles. The van der Waals surface area contributed by atoms with Crippen LogP contribution in [0.15, 0.2) is 18.2 Å². The molecule has 0 saturated carbocycles. The van der Waals surface area contributed by atoms with Crippen molar-refractivity contribution in [2.75, 3.05) is 13.1 Å². The van der Waals surface area contributed by atoms with Crippen LogP contribution in [0.2, 0.25) is 0 Å². The largest absolute Gasteiger partial charge is 0.504 e. The van der Waals surface area contributed by atoms with Gasteiger partial charge in [-0.1, -0.05) is 32.4 Å². The number of hydrogen-bond acceptors (Lipinski definition) is 4. The Bertz CT molecular complexity index is 591. The van der Waals surface area contributed by atoms with E-state index in [1.165, 1.54) is 11.0 Å². The third-order valence-corrected chi connectivity index (χ3v) is 4.07. The Morgan fingerprint density at radius 3 is 2.36 bits per heavy atom. The summed E-state index contributed by atoms with van der Waals surface area (Å²) in [6.45, 7) is 6.25. The summed E-state index contributed by atoms with van der Waals surface area (Å²) in [6.07, 6.45) is 1.14. The number of carbonyl (C=O) groups excluding carboxylic acids is 1. The van der Waals surface area contributed by atoms with E-state index in [0.717, 1.165) is 11.3 Å².